The fourth-order valence-corrected chi connectivity index (χ4v) is 11.4. The second kappa shape index (κ2) is 79.0. The van der Waals surface area contributed by atoms with E-state index < -0.39 is 22.9 Å². The molecule has 3 rings (SSSR count). The third-order valence-corrected chi connectivity index (χ3v) is 17.7. The van der Waals surface area contributed by atoms with Gasteiger partial charge in [-0.05, 0) is 76.3 Å². The van der Waals surface area contributed by atoms with Gasteiger partial charge in [0.25, 0.3) is 5.91 Å². The van der Waals surface area contributed by atoms with Gasteiger partial charge in [-0.3, -0.25) is 24.0 Å². The summed E-state index contributed by atoms with van der Waals surface area (Å²) in [4.78, 5) is 61.7. The van der Waals surface area contributed by atoms with Crippen molar-refractivity contribution in [2.45, 2.75) is 90.2 Å². The summed E-state index contributed by atoms with van der Waals surface area (Å²) in [7, 11) is 0. The second-order valence-corrected chi connectivity index (χ2v) is 28.6. The maximum Gasteiger partial charge on any atom is 0.303 e. The van der Waals surface area contributed by atoms with Crippen LogP contribution in [0.3, 0.4) is 0 Å². The number of nitrogens with one attached hydrogen (secondary N) is 4. The molecule has 0 aliphatic heterocycles. The molecule has 4 amide bonds. The quantitative estimate of drug-likeness (QED) is 0.0479. The van der Waals surface area contributed by atoms with Gasteiger partial charge in [0.15, 0.2) is 0 Å². The second-order valence-electron chi connectivity index (χ2n) is 27.8. The molecule has 0 spiro atoms. The monoisotopic (exact) mass is 1760 g/mol. The van der Waals surface area contributed by atoms with Crippen LogP contribution in [0.15, 0.2) is 42.5 Å². The van der Waals surface area contributed by atoms with Crippen molar-refractivity contribution in [2.75, 3.05) is 342 Å². The summed E-state index contributed by atoms with van der Waals surface area (Å²) in [6.45, 7) is 28.1. The molecule has 1 aliphatic rings. The van der Waals surface area contributed by atoms with Crippen molar-refractivity contribution in [3.05, 3.63) is 63.6 Å². The van der Waals surface area contributed by atoms with E-state index in [9.17, 15) is 24.0 Å². The molecule has 5 N–H and O–H groups in total. The van der Waals surface area contributed by atoms with Gasteiger partial charge in [0.1, 0.15) is 0 Å². The first kappa shape index (κ1) is 110. The molecule has 0 saturated heterocycles. The van der Waals surface area contributed by atoms with E-state index in [4.69, 9.17) is 147 Å². The maximum atomic E-state index is 14.1. The van der Waals surface area contributed by atoms with Crippen molar-refractivity contribution in [1.29, 1.82) is 0 Å². The van der Waals surface area contributed by atoms with Crippen LogP contribution in [0.2, 0.25) is 10.0 Å². The lowest BCUT2D eigenvalue weighted by Gasteiger charge is -2.32. The smallest absolute Gasteiger partial charge is 0.303 e. The zero-order chi connectivity index (χ0) is 86.2. The lowest BCUT2D eigenvalue weighted by Crippen LogP contribution is -2.49. The van der Waals surface area contributed by atoms with E-state index in [1.807, 2.05) is 32.9 Å². The van der Waals surface area contributed by atoms with Crippen LogP contribution in [-0.2, 0) is 144 Å². The molecule has 1 atom stereocenters. The summed E-state index contributed by atoms with van der Waals surface area (Å²) in [5.74, 6) is -1.89. The predicted octanol–water partition coefficient (Wildman–Crippen LogP) is 5.92. The Morgan fingerprint density at radius 2 is 0.642 bits per heavy atom. The Labute approximate surface area is 720 Å². The maximum absolute atomic E-state index is 14.1. The number of rotatable bonds is 89. The Balaban J connectivity index is 0.917. The molecule has 694 valence electrons. The molecule has 0 unspecified atom stereocenters. The number of benzene rings is 2. The Morgan fingerprint density at radius 3 is 0.933 bits per heavy atom. The highest BCUT2D eigenvalue weighted by Crippen LogP contribution is 2.41. The van der Waals surface area contributed by atoms with Crippen LogP contribution in [-0.4, -0.2) is 383 Å². The summed E-state index contributed by atoms with van der Waals surface area (Å²) < 4.78 is 139. The van der Waals surface area contributed by atoms with E-state index in [2.05, 4.69) is 21.3 Å². The van der Waals surface area contributed by atoms with Crippen LogP contribution in [0.5, 0.6) is 0 Å². The number of anilines is 1. The van der Waals surface area contributed by atoms with Gasteiger partial charge in [-0.15, -0.1) is 0 Å². The predicted molar refractivity (Wildman–Crippen MR) is 445 cm³/mol. The third-order valence-electron chi connectivity index (χ3n) is 17.1. The highest BCUT2D eigenvalue weighted by molar-refractivity contribution is 6.40. The topological polar surface area (TPSA) is 384 Å². The van der Waals surface area contributed by atoms with Gasteiger partial charge in [-0.1, -0.05) is 54.2 Å². The van der Waals surface area contributed by atoms with E-state index in [0.717, 1.165) is 31.2 Å². The van der Waals surface area contributed by atoms with Gasteiger partial charge < -0.3 is 145 Å². The summed E-state index contributed by atoms with van der Waals surface area (Å²) in [6.07, 6.45) is 4.36. The first-order valence-corrected chi connectivity index (χ1v) is 42.8. The molecule has 2 aromatic carbocycles. The van der Waals surface area contributed by atoms with Crippen LogP contribution in [0.4, 0.5) is 5.69 Å². The number of ether oxygens (including phenoxy) is 25. The molecule has 0 heterocycles. The molecule has 0 radical (unpaired) electrons. The van der Waals surface area contributed by atoms with Gasteiger partial charge in [0, 0.05) is 31.6 Å². The molecule has 2 aromatic rings. The number of hydrogen-bond donors (Lipinski definition) is 5. The van der Waals surface area contributed by atoms with Gasteiger partial charge in [-0.25, -0.2) is 0 Å². The van der Waals surface area contributed by atoms with Crippen molar-refractivity contribution in [3.8, 4) is 0 Å². The zero-order valence-electron chi connectivity index (χ0n) is 71.5. The Hall–Kier alpha value is -4.63. The Bertz CT molecular complexity index is 2730. The lowest BCUT2D eigenvalue weighted by atomic mass is 9.81. The summed E-state index contributed by atoms with van der Waals surface area (Å²) in [6, 6.07) is 12.0. The van der Waals surface area contributed by atoms with Gasteiger partial charge in [0.05, 0.1) is 363 Å². The fourth-order valence-electron chi connectivity index (χ4n) is 10.8. The van der Waals surface area contributed by atoms with Crippen LogP contribution in [0.1, 0.15) is 88.1 Å². The molecule has 37 heteroatoms. The average Bonchev–Trinajstić information content (AvgIpc) is 1.63. The number of aliphatic carboxylic acids is 1. The molecule has 35 nitrogen and oxygen atoms in total. The summed E-state index contributed by atoms with van der Waals surface area (Å²) in [5.41, 5.74) is 0.732. The zero-order valence-corrected chi connectivity index (χ0v) is 73.0. The summed E-state index contributed by atoms with van der Waals surface area (Å²) >= 11 is 12.5. The van der Waals surface area contributed by atoms with Gasteiger partial charge in [-0.2, -0.15) is 0 Å². The molecule has 1 saturated carbocycles. The van der Waals surface area contributed by atoms with Crippen LogP contribution < -0.4 is 21.3 Å². The largest absolute Gasteiger partial charge is 0.481 e. The fraction of sp³-hybridized carbons (Fsp3) is 0.795. The van der Waals surface area contributed by atoms with Crippen molar-refractivity contribution >= 4 is 58.5 Å². The first-order valence-electron chi connectivity index (χ1n) is 42.1. The third kappa shape index (κ3) is 66.8. The van der Waals surface area contributed by atoms with Crippen LogP contribution in [0.25, 0.3) is 0 Å². The van der Waals surface area contributed by atoms with E-state index in [0.29, 0.717) is 349 Å². The van der Waals surface area contributed by atoms with Crippen molar-refractivity contribution < 1.29 is 148 Å². The van der Waals surface area contributed by atoms with Crippen molar-refractivity contribution in [1.82, 2.24) is 16.0 Å². The molecule has 1 aliphatic carbocycles. The van der Waals surface area contributed by atoms with E-state index >= 15 is 0 Å². The molecule has 0 aromatic heterocycles. The molecular formula is C83H142Cl2N4O31. The number of hydrogen-bond acceptors (Lipinski definition) is 30. The molecule has 120 heavy (non-hydrogen) atoms. The van der Waals surface area contributed by atoms with Crippen LogP contribution in [0, 0.1) is 5.41 Å². The SMILES string of the molecule is CC(C)(C)OC[C@H](Cc1ccc(NC(=O)c2c(Cl)cccc2Cl)cc1)NC(=O)C1(CCNC(=O)CCOCCOCCOCCOCCOCCOCCOCCOCCOCCOCCOCCOCCOCCOCCOCCOCCOCCOCCOCCOCCOCCOCCOCCOCCNC(=O)CCC(=O)O)CCCC1. The minimum absolute atomic E-state index is 0.0296. The first-order chi connectivity index (χ1) is 58.7. The Kier molecular flexibility index (Phi) is 72.2. The number of amides is 4. The van der Waals surface area contributed by atoms with E-state index in [1.54, 1.807) is 30.3 Å². The van der Waals surface area contributed by atoms with E-state index in [1.165, 1.54) is 0 Å². The number of carboxylic acid groups (broad SMARTS) is 1. The molecular weight excluding hydrogens is 1620 g/mol. The average molecular weight is 1760 g/mol. The van der Waals surface area contributed by atoms with Crippen molar-refractivity contribution in [2.24, 2.45) is 5.41 Å². The Morgan fingerprint density at radius 1 is 0.367 bits per heavy atom. The number of carbonyl (C=O) groups is 5. The van der Waals surface area contributed by atoms with Gasteiger partial charge in [0.2, 0.25) is 17.7 Å². The number of carboxylic acids is 1. The molecule has 0 bridgehead atoms. The highest BCUT2D eigenvalue weighted by Gasteiger charge is 2.41. The highest BCUT2D eigenvalue weighted by atomic mass is 35.5. The van der Waals surface area contributed by atoms with Crippen LogP contribution >= 0.6 is 23.2 Å². The number of carbonyl (C=O) groups excluding carboxylic acids is 4. The molecule has 1 fully saturated rings. The normalized spacial score (nSPS) is 13.0. The lowest BCUT2D eigenvalue weighted by molar-refractivity contribution is -0.138. The van der Waals surface area contributed by atoms with Gasteiger partial charge >= 0.3 is 5.97 Å². The van der Waals surface area contributed by atoms with E-state index in [-0.39, 0.29) is 65.2 Å². The minimum atomic E-state index is -1.00. The minimum Gasteiger partial charge on any atom is -0.481 e. The summed E-state index contributed by atoms with van der Waals surface area (Å²) in [5, 5.41) is 20.8. The van der Waals surface area contributed by atoms with Crippen molar-refractivity contribution in [3.63, 3.8) is 0 Å². The standard InChI is InChI=1S/C83H142Cl2N4O31/c1-82(2,3)120-70-73(69-71-9-11-72(12-10-71)88-80(94)79-74(84)7-6-8-75(79)85)89-81(95)83(16-4-5-17-83)18-19-86-77(91)15-21-96-23-25-98-27-29-100-31-33-102-35-37-104-39-41-106-43-45-108-47-49-110-51-53-112-55-57-114-59-61-116-63-65-118-67-68-119-66-64-117-62-60-115-58-56-113-54-52-111-50-48-109-46-44-107-42-40-105-38-36-103-34-32-101-30-28-99-26-24-97-22-20-87-76(90)13-14-78(92)93/h6-12,73H,4-5,13-70H2,1-3H3,(H,86,91)(H,87,90)(H,88,94)(H,89,95)(H,92,93)/t73-/m0/s1. The number of halogens is 2.